The van der Waals surface area contributed by atoms with Gasteiger partial charge in [0.25, 0.3) is 5.91 Å². The maximum absolute atomic E-state index is 12.2. The van der Waals surface area contributed by atoms with Gasteiger partial charge in [-0.3, -0.25) is 9.89 Å². The Morgan fingerprint density at radius 2 is 1.88 bits per heavy atom. The zero-order valence-corrected chi connectivity index (χ0v) is 13.3. The van der Waals surface area contributed by atoms with Gasteiger partial charge >= 0.3 is 0 Å². The maximum atomic E-state index is 12.2. The molecule has 0 saturated carbocycles. The fourth-order valence-corrected chi connectivity index (χ4v) is 2.06. The van der Waals surface area contributed by atoms with Gasteiger partial charge in [-0.2, -0.15) is 5.10 Å². The molecule has 1 atom stereocenters. The van der Waals surface area contributed by atoms with Crippen LogP contribution >= 0.6 is 0 Å². The third kappa shape index (κ3) is 3.72. The van der Waals surface area contributed by atoms with E-state index in [1.807, 2.05) is 37.3 Å². The fraction of sp³-hybridized carbons (Fsp3) is 0.188. The van der Waals surface area contributed by atoms with E-state index in [0.29, 0.717) is 23.2 Å². The van der Waals surface area contributed by atoms with Crippen molar-refractivity contribution in [3.05, 3.63) is 59.9 Å². The van der Waals surface area contributed by atoms with Crippen molar-refractivity contribution in [3.8, 4) is 0 Å². The predicted molar refractivity (Wildman–Crippen MR) is 88.8 cm³/mol. The first kappa shape index (κ1) is 15.6. The normalized spacial score (nSPS) is 11.8. The summed E-state index contributed by atoms with van der Waals surface area (Å²) in [4.78, 5) is 24.7. The van der Waals surface area contributed by atoms with E-state index in [4.69, 9.17) is 0 Å². The Kier molecular flexibility index (Phi) is 4.46. The van der Waals surface area contributed by atoms with Crippen molar-refractivity contribution in [2.24, 2.45) is 0 Å². The topological polar surface area (TPSA) is 108 Å². The standard InChI is InChI=1S/C16H17N7O/c1-10(14-20-11(2)22-23-14)19-15(24)12-8-17-16(18-9-12)21-13-6-4-3-5-7-13/h3-10H,1-2H3,(H,19,24)(H,17,18,21)(H,20,22,23). The second-order valence-corrected chi connectivity index (χ2v) is 5.26. The average molecular weight is 323 g/mol. The van der Waals surface area contributed by atoms with Crippen LogP contribution in [0.15, 0.2) is 42.7 Å². The number of aromatic amines is 1. The summed E-state index contributed by atoms with van der Waals surface area (Å²) >= 11 is 0. The van der Waals surface area contributed by atoms with Gasteiger partial charge in [-0.05, 0) is 26.0 Å². The average Bonchev–Trinajstić information content (AvgIpc) is 3.03. The minimum atomic E-state index is -0.315. The van der Waals surface area contributed by atoms with Gasteiger partial charge in [0.15, 0.2) is 5.82 Å². The molecule has 3 rings (SSSR count). The van der Waals surface area contributed by atoms with Crippen molar-refractivity contribution in [1.82, 2.24) is 30.5 Å². The third-order valence-corrected chi connectivity index (χ3v) is 3.29. The Hall–Kier alpha value is -3.29. The Balaban J connectivity index is 1.63. The number of anilines is 2. The van der Waals surface area contributed by atoms with Gasteiger partial charge < -0.3 is 10.6 Å². The molecule has 3 aromatic rings. The highest BCUT2D eigenvalue weighted by atomic mass is 16.1. The van der Waals surface area contributed by atoms with Gasteiger partial charge in [0, 0.05) is 18.1 Å². The number of amides is 1. The SMILES string of the molecule is Cc1nc(C(C)NC(=O)c2cnc(Nc3ccccc3)nc2)n[nH]1. The summed E-state index contributed by atoms with van der Waals surface area (Å²) < 4.78 is 0. The van der Waals surface area contributed by atoms with E-state index in [1.165, 1.54) is 12.4 Å². The molecule has 0 radical (unpaired) electrons. The van der Waals surface area contributed by atoms with Gasteiger partial charge in [-0.1, -0.05) is 18.2 Å². The van der Waals surface area contributed by atoms with E-state index in [1.54, 1.807) is 6.92 Å². The molecule has 0 saturated heterocycles. The van der Waals surface area contributed by atoms with Crippen LogP contribution in [-0.2, 0) is 0 Å². The zero-order chi connectivity index (χ0) is 16.9. The molecule has 3 N–H and O–H groups in total. The Labute approximate surface area is 138 Å². The van der Waals surface area contributed by atoms with Gasteiger partial charge in [-0.15, -0.1) is 0 Å². The fourth-order valence-electron chi connectivity index (χ4n) is 2.06. The highest BCUT2D eigenvalue weighted by molar-refractivity contribution is 5.93. The van der Waals surface area contributed by atoms with Gasteiger partial charge in [0.05, 0.1) is 11.6 Å². The van der Waals surface area contributed by atoms with E-state index < -0.39 is 0 Å². The lowest BCUT2D eigenvalue weighted by atomic mass is 10.2. The number of rotatable bonds is 5. The highest BCUT2D eigenvalue weighted by Gasteiger charge is 2.15. The molecule has 0 spiro atoms. The molecule has 24 heavy (non-hydrogen) atoms. The van der Waals surface area contributed by atoms with Crippen LogP contribution in [0.5, 0.6) is 0 Å². The van der Waals surface area contributed by atoms with E-state index in [2.05, 4.69) is 35.8 Å². The monoisotopic (exact) mass is 323 g/mol. The third-order valence-electron chi connectivity index (χ3n) is 3.29. The summed E-state index contributed by atoms with van der Waals surface area (Å²) in [5, 5.41) is 12.7. The van der Waals surface area contributed by atoms with Gasteiger partial charge in [0.1, 0.15) is 5.82 Å². The lowest BCUT2D eigenvalue weighted by molar-refractivity contribution is 0.0937. The molecule has 0 fully saturated rings. The van der Waals surface area contributed by atoms with Crippen LogP contribution in [0.2, 0.25) is 0 Å². The second-order valence-electron chi connectivity index (χ2n) is 5.26. The Morgan fingerprint density at radius 1 is 1.17 bits per heavy atom. The molecule has 1 aromatic carbocycles. The summed E-state index contributed by atoms with van der Waals surface area (Å²) in [5.74, 6) is 1.38. The first-order chi connectivity index (χ1) is 11.6. The molecule has 8 heteroatoms. The van der Waals surface area contributed by atoms with Gasteiger partial charge in [-0.25, -0.2) is 15.0 Å². The largest absolute Gasteiger partial charge is 0.342 e. The quantitative estimate of drug-likeness (QED) is 0.664. The Bertz CT molecular complexity index is 814. The first-order valence-electron chi connectivity index (χ1n) is 7.45. The van der Waals surface area contributed by atoms with E-state index in [-0.39, 0.29) is 11.9 Å². The molecule has 0 aliphatic carbocycles. The van der Waals surface area contributed by atoms with Crippen molar-refractivity contribution in [3.63, 3.8) is 0 Å². The molecular weight excluding hydrogens is 306 g/mol. The molecule has 1 amide bonds. The molecule has 8 nitrogen and oxygen atoms in total. The number of aromatic nitrogens is 5. The van der Waals surface area contributed by atoms with E-state index in [0.717, 1.165) is 5.69 Å². The number of carbonyl (C=O) groups excluding carboxylic acids is 1. The van der Waals surface area contributed by atoms with E-state index >= 15 is 0 Å². The number of nitrogens with one attached hydrogen (secondary N) is 3. The summed E-state index contributed by atoms with van der Waals surface area (Å²) in [6.45, 7) is 3.62. The first-order valence-corrected chi connectivity index (χ1v) is 7.45. The number of carbonyl (C=O) groups is 1. The Morgan fingerprint density at radius 3 is 2.50 bits per heavy atom. The van der Waals surface area contributed by atoms with Crippen molar-refractivity contribution >= 4 is 17.5 Å². The minimum Gasteiger partial charge on any atom is -0.342 e. The lowest BCUT2D eigenvalue weighted by Gasteiger charge is -2.10. The number of para-hydroxylation sites is 1. The number of hydrogen-bond donors (Lipinski definition) is 3. The van der Waals surface area contributed by atoms with Crippen LogP contribution in [-0.4, -0.2) is 31.1 Å². The molecule has 1 unspecified atom stereocenters. The summed E-state index contributed by atoms with van der Waals surface area (Å²) in [6.07, 6.45) is 2.95. The number of H-pyrrole nitrogens is 1. The summed E-state index contributed by atoms with van der Waals surface area (Å²) in [6, 6.07) is 9.25. The minimum absolute atomic E-state index is 0.281. The van der Waals surface area contributed by atoms with Crippen molar-refractivity contribution < 1.29 is 4.79 Å². The summed E-state index contributed by atoms with van der Waals surface area (Å²) in [5.41, 5.74) is 1.25. The predicted octanol–water partition coefficient (Wildman–Crippen LogP) is 2.14. The van der Waals surface area contributed by atoms with Crippen LogP contribution in [0.4, 0.5) is 11.6 Å². The maximum Gasteiger partial charge on any atom is 0.255 e. The van der Waals surface area contributed by atoms with Crippen molar-refractivity contribution in [1.29, 1.82) is 0 Å². The summed E-state index contributed by atoms with van der Waals surface area (Å²) in [7, 11) is 0. The van der Waals surface area contributed by atoms with Crippen LogP contribution in [0, 0.1) is 6.92 Å². The smallest absolute Gasteiger partial charge is 0.255 e. The van der Waals surface area contributed by atoms with Crippen LogP contribution < -0.4 is 10.6 Å². The van der Waals surface area contributed by atoms with Crippen LogP contribution in [0.1, 0.15) is 35.0 Å². The molecule has 2 aromatic heterocycles. The molecule has 0 aliphatic rings. The van der Waals surface area contributed by atoms with E-state index in [9.17, 15) is 4.79 Å². The molecular formula is C16H17N7O. The molecule has 0 bridgehead atoms. The van der Waals surface area contributed by atoms with Crippen LogP contribution in [0.3, 0.4) is 0 Å². The van der Waals surface area contributed by atoms with Crippen molar-refractivity contribution in [2.75, 3.05) is 5.32 Å². The number of hydrogen-bond acceptors (Lipinski definition) is 6. The molecule has 2 heterocycles. The second kappa shape index (κ2) is 6.86. The number of nitrogens with zero attached hydrogens (tertiary/aromatic N) is 4. The lowest BCUT2D eigenvalue weighted by Crippen LogP contribution is -2.27. The zero-order valence-electron chi connectivity index (χ0n) is 13.3. The van der Waals surface area contributed by atoms with Gasteiger partial charge in [0.2, 0.25) is 5.95 Å². The highest BCUT2D eigenvalue weighted by Crippen LogP contribution is 2.12. The molecule has 0 aliphatic heterocycles. The molecule has 122 valence electrons. The number of aryl methyl sites for hydroxylation is 1. The van der Waals surface area contributed by atoms with Crippen LogP contribution in [0.25, 0.3) is 0 Å². The van der Waals surface area contributed by atoms with Crippen molar-refractivity contribution in [2.45, 2.75) is 19.9 Å². The number of benzene rings is 1.